The molecule has 3 nitrogen and oxygen atoms in total. The van der Waals surface area contributed by atoms with Gasteiger partial charge in [-0.2, -0.15) is 0 Å². The molecule has 0 atom stereocenters. The normalized spacial score (nSPS) is 16.0. The molecule has 0 aromatic heterocycles. The Bertz CT molecular complexity index is 715. The molecular weight excluding hydrogens is 367 g/mol. The first-order valence-electron chi connectivity index (χ1n) is 9.17. The van der Waals surface area contributed by atoms with Crippen LogP contribution in [-0.4, -0.2) is 49.6 Å². The van der Waals surface area contributed by atoms with Gasteiger partial charge in [-0.3, -0.25) is 0 Å². The van der Waals surface area contributed by atoms with Gasteiger partial charge in [0, 0.05) is 26.2 Å². The maximum absolute atomic E-state index is 6.06. The van der Waals surface area contributed by atoms with Crippen LogP contribution in [0.25, 0.3) is 0 Å². The molecule has 1 fully saturated rings. The number of ether oxygens (including phenoxy) is 1. The lowest BCUT2D eigenvalue weighted by Gasteiger charge is -2.32. The lowest BCUT2D eigenvalue weighted by atomic mass is 10.1. The molecule has 1 aliphatic heterocycles. The first-order chi connectivity index (χ1) is 12.6. The van der Waals surface area contributed by atoms with Crippen molar-refractivity contribution in [2.45, 2.75) is 19.4 Å². The van der Waals surface area contributed by atoms with Crippen molar-refractivity contribution in [2.75, 3.05) is 39.8 Å². The number of nitrogens with zero attached hydrogens (tertiary/aromatic N) is 2. The topological polar surface area (TPSA) is 15.7 Å². The van der Waals surface area contributed by atoms with Gasteiger partial charge in [0.25, 0.3) is 0 Å². The zero-order chi connectivity index (χ0) is 18.4. The van der Waals surface area contributed by atoms with Gasteiger partial charge in [-0.1, -0.05) is 41.4 Å². The summed E-state index contributed by atoms with van der Waals surface area (Å²) in [6.45, 7) is 6.38. The Morgan fingerprint density at radius 1 is 0.923 bits per heavy atom. The van der Waals surface area contributed by atoms with E-state index in [9.17, 15) is 0 Å². The molecule has 0 unspecified atom stereocenters. The molecule has 26 heavy (non-hydrogen) atoms. The highest BCUT2D eigenvalue weighted by molar-refractivity contribution is 6.42. The van der Waals surface area contributed by atoms with E-state index < -0.39 is 0 Å². The van der Waals surface area contributed by atoms with Crippen molar-refractivity contribution in [1.82, 2.24) is 9.80 Å². The van der Waals surface area contributed by atoms with E-state index in [1.54, 1.807) is 6.07 Å². The maximum atomic E-state index is 6.06. The molecule has 0 bridgehead atoms. The molecular formula is C21H26Cl2N2O. The van der Waals surface area contributed by atoms with Gasteiger partial charge in [0.05, 0.1) is 10.0 Å². The Balaban J connectivity index is 1.46. The minimum atomic E-state index is 0.488. The molecule has 0 spiro atoms. The number of hydrogen-bond acceptors (Lipinski definition) is 3. The summed E-state index contributed by atoms with van der Waals surface area (Å²) in [5, 5.41) is 1.13. The number of halogens is 2. The Morgan fingerprint density at radius 3 is 2.50 bits per heavy atom. The number of hydrogen-bond donors (Lipinski definition) is 0. The van der Waals surface area contributed by atoms with Crippen LogP contribution < -0.4 is 4.74 Å². The number of piperazine rings is 1. The molecule has 1 heterocycles. The van der Waals surface area contributed by atoms with Crippen LogP contribution in [0.15, 0.2) is 42.5 Å². The SMILES string of the molecule is CN1CCN(CCCc2cccc(OCc3ccc(Cl)c(Cl)c3)c2)CC1. The second kappa shape index (κ2) is 9.61. The molecule has 0 radical (unpaired) electrons. The summed E-state index contributed by atoms with van der Waals surface area (Å²) >= 11 is 12.0. The fourth-order valence-electron chi connectivity index (χ4n) is 3.17. The first-order valence-corrected chi connectivity index (χ1v) is 9.92. The van der Waals surface area contributed by atoms with E-state index in [1.165, 1.54) is 44.7 Å². The van der Waals surface area contributed by atoms with E-state index in [0.29, 0.717) is 16.7 Å². The highest BCUT2D eigenvalue weighted by Gasteiger charge is 2.12. The highest BCUT2D eigenvalue weighted by Crippen LogP contribution is 2.23. The van der Waals surface area contributed by atoms with Gasteiger partial charge in [0.1, 0.15) is 12.4 Å². The molecule has 140 valence electrons. The van der Waals surface area contributed by atoms with E-state index in [2.05, 4.69) is 35.0 Å². The lowest BCUT2D eigenvalue weighted by molar-refractivity contribution is 0.153. The summed E-state index contributed by atoms with van der Waals surface area (Å²) in [7, 11) is 2.20. The van der Waals surface area contributed by atoms with Crippen molar-refractivity contribution in [3.8, 4) is 5.75 Å². The Morgan fingerprint density at radius 2 is 1.73 bits per heavy atom. The summed E-state index contributed by atoms with van der Waals surface area (Å²) in [4.78, 5) is 4.95. The third kappa shape index (κ3) is 5.88. The molecule has 0 amide bonds. The molecule has 0 saturated carbocycles. The molecule has 3 rings (SSSR count). The fraction of sp³-hybridized carbons (Fsp3) is 0.429. The van der Waals surface area contributed by atoms with Gasteiger partial charge in [0.15, 0.2) is 0 Å². The summed E-state index contributed by atoms with van der Waals surface area (Å²) in [6.07, 6.45) is 2.26. The molecule has 1 aliphatic rings. The minimum absolute atomic E-state index is 0.488. The monoisotopic (exact) mass is 392 g/mol. The second-order valence-electron chi connectivity index (χ2n) is 6.93. The van der Waals surface area contributed by atoms with Crippen LogP contribution in [0.3, 0.4) is 0 Å². The van der Waals surface area contributed by atoms with Gasteiger partial charge in [0.2, 0.25) is 0 Å². The standard InChI is InChI=1S/C21H26Cl2N2O/c1-24-10-12-25(13-11-24)9-3-5-17-4-2-6-19(14-17)26-16-18-7-8-20(22)21(23)15-18/h2,4,6-8,14-15H,3,5,9-13,16H2,1H3. The minimum Gasteiger partial charge on any atom is -0.489 e. The average molecular weight is 393 g/mol. The lowest BCUT2D eigenvalue weighted by Crippen LogP contribution is -2.44. The fourth-order valence-corrected chi connectivity index (χ4v) is 3.49. The number of likely N-dealkylation sites (N-methyl/N-ethyl adjacent to an activating group) is 1. The van der Waals surface area contributed by atoms with E-state index in [0.717, 1.165) is 17.7 Å². The van der Waals surface area contributed by atoms with Crippen LogP contribution in [0.5, 0.6) is 5.75 Å². The van der Waals surface area contributed by atoms with Gasteiger partial charge in [-0.15, -0.1) is 0 Å². The molecule has 0 aliphatic carbocycles. The van der Waals surface area contributed by atoms with Crippen LogP contribution in [-0.2, 0) is 13.0 Å². The zero-order valence-electron chi connectivity index (χ0n) is 15.3. The van der Waals surface area contributed by atoms with Crippen LogP contribution in [0.2, 0.25) is 10.0 Å². The molecule has 1 saturated heterocycles. The van der Waals surface area contributed by atoms with Crippen molar-refractivity contribution in [3.63, 3.8) is 0 Å². The second-order valence-corrected chi connectivity index (χ2v) is 7.75. The number of benzene rings is 2. The Labute approximate surface area is 166 Å². The predicted molar refractivity (Wildman–Crippen MR) is 109 cm³/mol. The van der Waals surface area contributed by atoms with Crippen molar-refractivity contribution >= 4 is 23.2 Å². The van der Waals surface area contributed by atoms with Crippen LogP contribution >= 0.6 is 23.2 Å². The van der Waals surface area contributed by atoms with E-state index in [4.69, 9.17) is 27.9 Å². The van der Waals surface area contributed by atoms with E-state index in [1.807, 2.05) is 18.2 Å². The first kappa shape index (κ1) is 19.5. The zero-order valence-corrected chi connectivity index (χ0v) is 16.8. The van der Waals surface area contributed by atoms with E-state index in [-0.39, 0.29) is 0 Å². The third-order valence-electron chi connectivity index (χ3n) is 4.82. The summed E-state index contributed by atoms with van der Waals surface area (Å²) in [5.74, 6) is 0.896. The van der Waals surface area contributed by atoms with E-state index >= 15 is 0 Å². The Hall–Kier alpha value is -1.26. The van der Waals surface area contributed by atoms with Gasteiger partial charge in [-0.05, 0) is 61.8 Å². The summed E-state index contributed by atoms with van der Waals surface area (Å²) in [5.41, 5.74) is 2.34. The van der Waals surface area contributed by atoms with Gasteiger partial charge in [-0.25, -0.2) is 0 Å². The molecule has 2 aromatic rings. The van der Waals surface area contributed by atoms with Gasteiger partial charge >= 0.3 is 0 Å². The molecule has 2 aromatic carbocycles. The average Bonchev–Trinajstić information content (AvgIpc) is 2.65. The number of aryl methyl sites for hydroxylation is 1. The van der Waals surface area contributed by atoms with Crippen LogP contribution in [0, 0.1) is 0 Å². The highest BCUT2D eigenvalue weighted by atomic mass is 35.5. The molecule has 0 N–H and O–H groups in total. The largest absolute Gasteiger partial charge is 0.489 e. The van der Waals surface area contributed by atoms with Crippen molar-refractivity contribution in [2.24, 2.45) is 0 Å². The number of rotatable bonds is 7. The quantitative estimate of drug-likeness (QED) is 0.675. The van der Waals surface area contributed by atoms with Crippen molar-refractivity contribution < 1.29 is 4.74 Å². The predicted octanol–water partition coefficient (Wildman–Crippen LogP) is 4.75. The Kier molecular flexibility index (Phi) is 7.21. The molecule has 5 heteroatoms. The van der Waals surface area contributed by atoms with Crippen molar-refractivity contribution in [1.29, 1.82) is 0 Å². The maximum Gasteiger partial charge on any atom is 0.120 e. The van der Waals surface area contributed by atoms with Gasteiger partial charge < -0.3 is 14.5 Å². The van der Waals surface area contributed by atoms with Crippen LogP contribution in [0.4, 0.5) is 0 Å². The van der Waals surface area contributed by atoms with Crippen molar-refractivity contribution in [3.05, 3.63) is 63.6 Å². The smallest absolute Gasteiger partial charge is 0.120 e. The summed E-state index contributed by atoms with van der Waals surface area (Å²) in [6, 6.07) is 14.0. The summed E-state index contributed by atoms with van der Waals surface area (Å²) < 4.78 is 5.92. The van der Waals surface area contributed by atoms with Crippen LogP contribution in [0.1, 0.15) is 17.5 Å². The third-order valence-corrected chi connectivity index (χ3v) is 5.56.